The number of carboxylic acid groups (broad SMARTS) is 1. The maximum absolute atomic E-state index is 12.1. The fourth-order valence-corrected chi connectivity index (χ4v) is 0.828. The quantitative estimate of drug-likeness (QED) is 0.744. The number of rotatable bonds is 0. The fraction of sp³-hybridized carbons (Fsp3) is 0.200. The molecule has 9 heteroatoms. The molecule has 0 saturated heterocycles. The van der Waals surface area contributed by atoms with Crippen LogP contribution in [0.5, 0.6) is 0 Å². The number of benzene rings is 1. The van der Waals surface area contributed by atoms with E-state index in [1.54, 1.807) is 0 Å². The van der Waals surface area contributed by atoms with Crippen molar-refractivity contribution in [1.29, 1.82) is 5.26 Å². The first-order valence-corrected chi connectivity index (χ1v) is 4.36. The highest BCUT2D eigenvalue weighted by Crippen LogP contribution is 2.31. The standard InChI is InChI=1S/C8H4F3N.C2HF3O2/c9-8(10,11)7-4-2-1-3-6(7)5-12;3-2(4,5)1(6)7/h1-4H;(H,6,7). The number of alkyl halides is 6. The van der Waals surface area contributed by atoms with Gasteiger partial charge < -0.3 is 5.11 Å². The molecular formula is C10H5F6NO2. The predicted octanol–water partition coefficient (Wildman–Crippen LogP) is 3.21. The lowest BCUT2D eigenvalue weighted by molar-refractivity contribution is -0.192. The highest BCUT2D eigenvalue weighted by atomic mass is 19.4. The van der Waals surface area contributed by atoms with Crippen LogP contribution >= 0.6 is 0 Å². The highest BCUT2D eigenvalue weighted by molar-refractivity contribution is 5.73. The molecule has 0 aromatic heterocycles. The van der Waals surface area contributed by atoms with Crippen molar-refractivity contribution < 1.29 is 36.2 Å². The zero-order valence-corrected chi connectivity index (χ0v) is 8.88. The lowest BCUT2D eigenvalue weighted by Gasteiger charge is -2.06. The van der Waals surface area contributed by atoms with Crippen molar-refractivity contribution >= 4 is 5.97 Å². The summed E-state index contributed by atoms with van der Waals surface area (Å²) in [6, 6.07) is 6.16. The molecule has 1 N–H and O–H groups in total. The van der Waals surface area contributed by atoms with Gasteiger partial charge in [0.1, 0.15) is 0 Å². The summed E-state index contributed by atoms with van der Waals surface area (Å²) in [4.78, 5) is 8.90. The molecule has 104 valence electrons. The first-order chi connectivity index (χ1) is 8.50. The molecule has 0 atom stereocenters. The van der Waals surface area contributed by atoms with E-state index in [0.29, 0.717) is 0 Å². The van der Waals surface area contributed by atoms with Gasteiger partial charge in [-0.15, -0.1) is 0 Å². The fourth-order valence-electron chi connectivity index (χ4n) is 0.828. The van der Waals surface area contributed by atoms with E-state index < -0.39 is 23.9 Å². The lowest BCUT2D eigenvalue weighted by atomic mass is 10.1. The number of nitrogens with zero attached hydrogens (tertiary/aromatic N) is 1. The first-order valence-electron chi connectivity index (χ1n) is 4.36. The molecular weight excluding hydrogens is 280 g/mol. The van der Waals surface area contributed by atoms with E-state index in [0.717, 1.165) is 12.1 Å². The summed E-state index contributed by atoms with van der Waals surface area (Å²) in [6.45, 7) is 0. The van der Waals surface area contributed by atoms with Gasteiger partial charge in [0.2, 0.25) is 0 Å². The van der Waals surface area contributed by atoms with Crippen LogP contribution in [-0.2, 0) is 11.0 Å². The third-order valence-electron chi connectivity index (χ3n) is 1.60. The van der Waals surface area contributed by atoms with Gasteiger partial charge in [0.15, 0.2) is 0 Å². The Morgan fingerprint density at radius 1 is 1.11 bits per heavy atom. The van der Waals surface area contributed by atoms with Gasteiger partial charge in [0.25, 0.3) is 0 Å². The average molecular weight is 285 g/mol. The summed E-state index contributed by atoms with van der Waals surface area (Å²) in [6.07, 6.45) is -9.52. The van der Waals surface area contributed by atoms with Gasteiger partial charge in [0, 0.05) is 0 Å². The molecule has 0 aliphatic rings. The van der Waals surface area contributed by atoms with E-state index in [9.17, 15) is 26.3 Å². The van der Waals surface area contributed by atoms with Crippen molar-refractivity contribution in [3.63, 3.8) is 0 Å². The monoisotopic (exact) mass is 285 g/mol. The van der Waals surface area contributed by atoms with Crippen LogP contribution in [-0.4, -0.2) is 17.3 Å². The molecule has 0 amide bonds. The minimum Gasteiger partial charge on any atom is -0.475 e. The Balaban J connectivity index is 0.000000399. The maximum atomic E-state index is 12.1. The highest BCUT2D eigenvalue weighted by Gasteiger charge is 2.38. The van der Waals surface area contributed by atoms with Crippen LogP contribution in [0.2, 0.25) is 0 Å². The summed E-state index contributed by atoms with van der Waals surface area (Å²) < 4.78 is 68.0. The molecule has 0 fully saturated rings. The van der Waals surface area contributed by atoms with Crippen LogP contribution in [0.4, 0.5) is 26.3 Å². The number of carbonyl (C=O) groups is 1. The van der Waals surface area contributed by atoms with E-state index in [4.69, 9.17) is 15.2 Å². The molecule has 19 heavy (non-hydrogen) atoms. The number of aliphatic carboxylic acids is 1. The molecule has 1 rings (SSSR count). The van der Waals surface area contributed by atoms with Gasteiger partial charge in [0.05, 0.1) is 17.2 Å². The van der Waals surface area contributed by atoms with Gasteiger partial charge >= 0.3 is 18.3 Å². The second kappa shape index (κ2) is 6.08. The summed E-state index contributed by atoms with van der Waals surface area (Å²) in [5.41, 5.74) is -1.22. The number of nitriles is 1. The zero-order valence-electron chi connectivity index (χ0n) is 8.88. The van der Waals surface area contributed by atoms with Gasteiger partial charge in [-0.05, 0) is 12.1 Å². The second-order valence-corrected chi connectivity index (χ2v) is 2.96. The Hall–Kier alpha value is -2.24. The van der Waals surface area contributed by atoms with E-state index >= 15 is 0 Å². The molecule has 0 spiro atoms. The van der Waals surface area contributed by atoms with Crippen molar-refractivity contribution in [2.24, 2.45) is 0 Å². The van der Waals surface area contributed by atoms with Crippen LogP contribution in [0.1, 0.15) is 11.1 Å². The Kier molecular flexibility index (Phi) is 5.36. The molecule has 0 heterocycles. The van der Waals surface area contributed by atoms with E-state index in [-0.39, 0.29) is 5.56 Å². The van der Waals surface area contributed by atoms with Gasteiger partial charge in [-0.3, -0.25) is 0 Å². The SMILES string of the molecule is N#Cc1ccccc1C(F)(F)F.O=C(O)C(F)(F)F. The Morgan fingerprint density at radius 3 is 1.79 bits per heavy atom. The third-order valence-corrected chi connectivity index (χ3v) is 1.60. The van der Waals surface area contributed by atoms with Crippen LogP contribution in [0, 0.1) is 11.3 Å². The number of hydrogen-bond acceptors (Lipinski definition) is 2. The molecule has 1 aromatic rings. The van der Waals surface area contributed by atoms with Crippen LogP contribution < -0.4 is 0 Å². The number of carboxylic acids is 1. The van der Waals surface area contributed by atoms with E-state index in [2.05, 4.69) is 0 Å². The van der Waals surface area contributed by atoms with E-state index in [1.165, 1.54) is 18.2 Å². The molecule has 1 aromatic carbocycles. The molecule has 0 radical (unpaired) electrons. The third kappa shape index (κ3) is 5.76. The molecule has 3 nitrogen and oxygen atoms in total. The lowest BCUT2D eigenvalue weighted by Crippen LogP contribution is -2.21. The minimum atomic E-state index is -5.08. The Bertz CT molecular complexity index is 486. The van der Waals surface area contributed by atoms with Gasteiger partial charge in [-0.2, -0.15) is 31.6 Å². The van der Waals surface area contributed by atoms with E-state index in [1.807, 2.05) is 0 Å². The minimum absolute atomic E-state index is 0.343. The topological polar surface area (TPSA) is 61.1 Å². The van der Waals surface area contributed by atoms with Crippen molar-refractivity contribution in [3.05, 3.63) is 35.4 Å². The van der Waals surface area contributed by atoms with Crippen LogP contribution in [0.3, 0.4) is 0 Å². The van der Waals surface area contributed by atoms with Crippen molar-refractivity contribution in [3.8, 4) is 6.07 Å². The largest absolute Gasteiger partial charge is 0.490 e. The van der Waals surface area contributed by atoms with Crippen molar-refractivity contribution in [1.82, 2.24) is 0 Å². The summed E-state index contributed by atoms with van der Waals surface area (Å²) in [5, 5.41) is 15.5. The van der Waals surface area contributed by atoms with Crippen molar-refractivity contribution in [2.45, 2.75) is 12.4 Å². The Labute approximate surface area is 102 Å². The van der Waals surface area contributed by atoms with Crippen LogP contribution in [0.25, 0.3) is 0 Å². The summed E-state index contributed by atoms with van der Waals surface area (Å²) >= 11 is 0. The molecule has 0 bridgehead atoms. The number of hydrogen-bond donors (Lipinski definition) is 1. The first kappa shape index (κ1) is 16.8. The molecule has 0 aliphatic carbocycles. The predicted molar refractivity (Wildman–Crippen MR) is 49.8 cm³/mol. The van der Waals surface area contributed by atoms with Gasteiger partial charge in [-0.1, -0.05) is 12.1 Å². The summed E-state index contributed by atoms with van der Waals surface area (Å²) in [5.74, 6) is -2.76. The smallest absolute Gasteiger partial charge is 0.475 e. The number of halogens is 6. The normalized spacial score (nSPS) is 11.0. The van der Waals surface area contributed by atoms with Gasteiger partial charge in [-0.25, -0.2) is 4.79 Å². The average Bonchev–Trinajstić information content (AvgIpc) is 2.27. The summed E-state index contributed by atoms with van der Waals surface area (Å²) in [7, 11) is 0. The second-order valence-electron chi connectivity index (χ2n) is 2.96. The zero-order chi connectivity index (χ0) is 15.3. The molecule has 0 aliphatic heterocycles. The molecule has 0 unspecified atom stereocenters. The Morgan fingerprint density at radius 2 is 1.53 bits per heavy atom. The van der Waals surface area contributed by atoms with Crippen molar-refractivity contribution in [2.75, 3.05) is 0 Å². The maximum Gasteiger partial charge on any atom is 0.490 e. The van der Waals surface area contributed by atoms with Crippen LogP contribution in [0.15, 0.2) is 24.3 Å². The molecule has 0 saturated carbocycles.